The van der Waals surface area contributed by atoms with E-state index in [4.69, 9.17) is 10.4 Å². The molecule has 78 valence electrons. The van der Waals surface area contributed by atoms with Crippen LogP contribution in [0.25, 0.3) is 0 Å². The Morgan fingerprint density at radius 3 is 2.53 bits per heavy atom. The predicted molar refractivity (Wildman–Crippen MR) is 59.2 cm³/mol. The molecule has 4 nitrogen and oxygen atoms in total. The second-order valence-electron chi connectivity index (χ2n) is 2.70. The Bertz CT molecular complexity index is 453. The van der Waals surface area contributed by atoms with E-state index in [-0.39, 0.29) is 11.1 Å². The van der Waals surface area contributed by atoms with E-state index in [1.807, 2.05) is 6.07 Å². The third-order valence-electron chi connectivity index (χ3n) is 1.72. The van der Waals surface area contributed by atoms with Crippen molar-refractivity contribution in [2.24, 2.45) is 0 Å². The van der Waals surface area contributed by atoms with Gasteiger partial charge in [-0.3, -0.25) is 0 Å². The third-order valence-corrected chi connectivity index (χ3v) is 2.84. The van der Waals surface area contributed by atoms with Crippen LogP contribution in [0.5, 0.6) is 0 Å². The van der Waals surface area contributed by atoms with Crippen LogP contribution in [0.2, 0.25) is 0 Å². The smallest absolute Gasteiger partial charge is 0.337 e. The number of hydrogen-bond acceptors (Lipinski definition) is 3. The molecule has 15 heavy (non-hydrogen) atoms. The van der Waals surface area contributed by atoms with Crippen molar-refractivity contribution in [1.29, 1.82) is 5.26 Å². The minimum Gasteiger partial charge on any atom is -0.479 e. The normalized spacial score (nSPS) is 11.9. The van der Waals surface area contributed by atoms with Gasteiger partial charge in [0, 0.05) is 14.5 Å². The predicted octanol–water partition coefficient (Wildman–Crippen LogP) is 2.20. The highest BCUT2D eigenvalue weighted by Crippen LogP contribution is 2.30. The van der Waals surface area contributed by atoms with Crippen LogP contribution in [0.3, 0.4) is 0 Å². The summed E-state index contributed by atoms with van der Waals surface area (Å²) in [4.78, 5) is 10.6. The summed E-state index contributed by atoms with van der Waals surface area (Å²) in [6.45, 7) is 0. The van der Waals surface area contributed by atoms with Gasteiger partial charge in [-0.05, 0) is 12.1 Å². The second-order valence-corrected chi connectivity index (χ2v) is 4.47. The number of nitrogens with zero attached hydrogens (tertiary/aromatic N) is 1. The lowest BCUT2D eigenvalue weighted by Crippen LogP contribution is -2.12. The molecule has 0 fully saturated rings. The summed E-state index contributed by atoms with van der Waals surface area (Å²) in [6.07, 6.45) is -1.71. The summed E-state index contributed by atoms with van der Waals surface area (Å²) in [6, 6.07) is 4.85. The summed E-state index contributed by atoms with van der Waals surface area (Å²) >= 11 is 6.27. The van der Waals surface area contributed by atoms with Gasteiger partial charge < -0.3 is 10.2 Å². The second kappa shape index (κ2) is 4.75. The molecule has 0 spiro atoms. The number of carboxylic acids is 1. The van der Waals surface area contributed by atoms with Gasteiger partial charge in [-0.2, -0.15) is 5.26 Å². The molecule has 1 aromatic carbocycles. The molecule has 6 heteroatoms. The summed E-state index contributed by atoms with van der Waals surface area (Å²) in [5.41, 5.74) is 0.180. The number of hydrogen-bond donors (Lipinski definition) is 2. The fraction of sp³-hybridized carbons (Fsp3) is 0.111. The lowest BCUT2D eigenvalue weighted by molar-refractivity contribution is -0.147. The molecular formula is C9H5Br2NO3. The quantitative estimate of drug-likeness (QED) is 0.868. The van der Waals surface area contributed by atoms with Crippen molar-refractivity contribution in [3.63, 3.8) is 0 Å². The van der Waals surface area contributed by atoms with Crippen LogP contribution in [0.4, 0.5) is 0 Å². The molecule has 0 aromatic heterocycles. The standard InChI is InChI=1S/C9H5Br2NO3/c10-5-1-4(3-12)7(6(11)2-5)8(13)9(14)15/h1-2,8,13H,(H,14,15). The number of nitriles is 1. The summed E-state index contributed by atoms with van der Waals surface area (Å²) < 4.78 is 1.01. The van der Waals surface area contributed by atoms with Crippen molar-refractivity contribution >= 4 is 37.8 Å². The molecular weight excluding hydrogens is 330 g/mol. The molecule has 0 heterocycles. The number of aliphatic carboxylic acids is 1. The maximum atomic E-state index is 10.6. The first-order valence-electron chi connectivity index (χ1n) is 3.77. The zero-order chi connectivity index (χ0) is 11.6. The first-order chi connectivity index (χ1) is 6.97. The van der Waals surface area contributed by atoms with Gasteiger partial charge in [0.25, 0.3) is 0 Å². The van der Waals surface area contributed by atoms with E-state index in [1.165, 1.54) is 6.07 Å². The molecule has 1 atom stereocenters. The van der Waals surface area contributed by atoms with Gasteiger partial charge in [-0.15, -0.1) is 0 Å². The maximum absolute atomic E-state index is 10.6. The molecule has 0 aliphatic rings. The molecule has 0 aliphatic heterocycles. The number of carbonyl (C=O) groups is 1. The van der Waals surface area contributed by atoms with Crippen LogP contribution in [0, 0.1) is 11.3 Å². The Labute approximate surface area is 102 Å². The molecule has 2 N–H and O–H groups in total. The highest BCUT2D eigenvalue weighted by atomic mass is 79.9. The minimum atomic E-state index is -1.71. The summed E-state index contributed by atoms with van der Waals surface area (Å²) in [5.74, 6) is -1.39. The van der Waals surface area contributed by atoms with Crippen molar-refractivity contribution in [3.05, 3.63) is 32.2 Å². The average molecular weight is 335 g/mol. The van der Waals surface area contributed by atoms with Gasteiger partial charge >= 0.3 is 5.97 Å². The fourth-order valence-corrected chi connectivity index (χ4v) is 2.52. The molecule has 0 aliphatic carbocycles. The number of halogens is 2. The molecule has 0 bridgehead atoms. The van der Waals surface area contributed by atoms with Crippen molar-refractivity contribution in [2.75, 3.05) is 0 Å². The van der Waals surface area contributed by atoms with E-state index in [9.17, 15) is 9.90 Å². The SMILES string of the molecule is N#Cc1cc(Br)cc(Br)c1C(O)C(=O)O. The lowest BCUT2D eigenvalue weighted by atomic mass is 10.0. The highest BCUT2D eigenvalue weighted by molar-refractivity contribution is 9.11. The van der Waals surface area contributed by atoms with Gasteiger partial charge in [0.1, 0.15) is 0 Å². The molecule has 0 saturated heterocycles. The fourth-order valence-electron chi connectivity index (χ4n) is 1.08. The largest absolute Gasteiger partial charge is 0.479 e. The summed E-state index contributed by atoms with van der Waals surface area (Å²) in [7, 11) is 0. The zero-order valence-corrected chi connectivity index (χ0v) is 10.4. The van der Waals surface area contributed by atoms with Crippen molar-refractivity contribution in [3.8, 4) is 6.07 Å². The van der Waals surface area contributed by atoms with E-state index in [0.717, 1.165) is 0 Å². The molecule has 0 saturated carbocycles. The Kier molecular flexibility index (Phi) is 3.85. The highest BCUT2D eigenvalue weighted by Gasteiger charge is 2.22. The number of carboxylic acid groups (broad SMARTS) is 1. The Balaban J connectivity index is 3.41. The number of aliphatic hydroxyl groups is 1. The topological polar surface area (TPSA) is 81.3 Å². The number of aliphatic hydroxyl groups excluding tert-OH is 1. The summed E-state index contributed by atoms with van der Waals surface area (Å²) in [5, 5.41) is 26.8. The minimum absolute atomic E-state index is 0.0631. The Morgan fingerprint density at radius 1 is 1.47 bits per heavy atom. The van der Waals surface area contributed by atoms with Crippen LogP contribution >= 0.6 is 31.9 Å². The number of rotatable bonds is 2. The van der Waals surface area contributed by atoms with Gasteiger partial charge in [0.2, 0.25) is 0 Å². The monoisotopic (exact) mass is 333 g/mol. The number of benzene rings is 1. The van der Waals surface area contributed by atoms with Crippen LogP contribution in [0.1, 0.15) is 17.2 Å². The third kappa shape index (κ3) is 2.56. The van der Waals surface area contributed by atoms with Gasteiger partial charge in [0.15, 0.2) is 6.10 Å². The molecule has 1 aromatic rings. The van der Waals surface area contributed by atoms with Gasteiger partial charge in [-0.25, -0.2) is 4.79 Å². The first kappa shape index (κ1) is 12.2. The Morgan fingerprint density at radius 2 is 2.07 bits per heavy atom. The molecule has 0 amide bonds. The lowest BCUT2D eigenvalue weighted by Gasteiger charge is -2.10. The van der Waals surface area contributed by atoms with Crippen molar-refractivity contribution < 1.29 is 15.0 Å². The van der Waals surface area contributed by atoms with Gasteiger partial charge in [-0.1, -0.05) is 31.9 Å². The van der Waals surface area contributed by atoms with Crippen molar-refractivity contribution in [1.82, 2.24) is 0 Å². The molecule has 0 radical (unpaired) electrons. The van der Waals surface area contributed by atoms with Crippen LogP contribution in [-0.4, -0.2) is 16.2 Å². The zero-order valence-electron chi connectivity index (χ0n) is 7.24. The van der Waals surface area contributed by atoms with Crippen LogP contribution in [0.15, 0.2) is 21.1 Å². The first-order valence-corrected chi connectivity index (χ1v) is 5.36. The van der Waals surface area contributed by atoms with Crippen LogP contribution < -0.4 is 0 Å². The van der Waals surface area contributed by atoms with Crippen molar-refractivity contribution in [2.45, 2.75) is 6.10 Å². The molecule has 1 unspecified atom stereocenters. The van der Waals surface area contributed by atoms with Crippen LogP contribution in [-0.2, 0) is 4.79 Å². The van der Waals surface area contributed by atoms with E-state index in [1.54, 1.807) is 6.07 Å². The Hall–Kier alpha value is -0.900. The average Bonchev–Trinajstić information content (AvgIpc) is 2.15. The molecule has 1 rings (SSSR count). The van der Waals surface area contributed by atoms with E-state index < -0.39 is 12.1 Å². The van der Waals surface area contributed by atoms with E-state index in [2.05, 4.69) is 31.9 Å². The maximum Gasteiger partial charge on any atom is 0.337 e. The van der Waals surface area contributed by atoms with E-state index >= 15 is 0 Å². The van der Waals surface area contributed by atoms with E-state index in [0.29, 0.717) is 8.95 Å². The van der Waals surface area contributed by atoms with Gasteiger partial charge in [0.05, 0.1) is 11.6 Å².